The molecule has 19 heavy (non-hydrogen) atoms. The molecule has 1 aromatic rings. The summed E-state index contributed by atoms with van der Waals surface area (Å²) >= 11 is 0. The SMILES string of the molecule is CPC(CC(C)(C)C)c1cccc(OC(C)(C)C)c1. The maximum atomic E-state index is 5.97. The first kappa shape index (κ1) is 16.5. The fourth-order valence-corrected chi connectivity index (χ4v) is 3.48. The molecule has 2 atom stereocenters. The highest BCUT2D eigenvalue weighted by molar-refractivity contribution is 7.37. The van der Waals surface area contributed by atoms with Crippen LogP contribution in [0, 0.1) is 5.41 Å². The Morgan fingerprint density at radius 3 is 2.21 bits per heavy atom. The van der Waals surface area contributed by atoms with Crippen LogP contribution in [0.15, 0.2) is 24.3 Å². The number of benzene rings is 1. The summed E-state index contributed by atoms with van der Waals surface area (Å²) in [6.45, 7) is 15.5. The molecule has 0 spiro atoms. The molecule has 2 heteroatoms. The minimum atomic E-state index is -0.132. The standard InChI is InChI=1S/C17H29OP/c1-16(2,3)12-15(19-7)13-9-8-10-14(11-13)18-17(4,5)6/h8-11,15,19H,12H2,1-7H3. The van der Waals surface area contributed by atoms with Crippen LogP contribution in [0.2, 0.25) is 0 Å². The van der Waals surface area contributed by atoms with Crippen LogP contribution in [-0.4, -0.2) is 12.3 Å². The van der Waals surface area contributed by atoms with E-state index >= 15 is 0 Å². The van der Waals surface area contributed by atoms with Crippen LogP contribution in [0.5, 0.6) is 5.75 Å². The second-order valence-corrected chi connectivity index (χ2v) is 8.67. The van der Waals surface area contributed by atoms with Gasteiger partial charge in [0.15, 0.2) is 0 Å². The lowest BCUT2D eigenvalue weighted by Gasteiger charge is -2.27. The van der Waals surface area contributed by atoms with Crippen LogP contribution in [-0.2, 0) is 0 Å². The summed E-state index contributed by atoms with van der Waals surface area (Å²) in [5, 5.41) is 0. The Morgan fingerprint density at radius 1 is 1.11 bits per heavy atom. The first-order chi connectivity index (χ1) is 8.61. The summed E-state index contributed by atoms with van der Waals surface area (Å²) in [5.74, 6) is 0.988. The zero-order valence-corrected chi connectivity index (χ0v) is 14.5. The van der Waals surface area contributed by atoms with Gasteiger partial charge in [-0.2, -0.15) is 0 Å². The highest BCUT2D eigenvalue weighted by Crippen LogP contribution is 2.42. The summed E-state index contributed by atoms with van der Waals surface area (Å²) in [4.78, 5) is 0. The molecule has 0 radical (unpaired) electrons. The van der Waals surface area contributed by atoms with E-state index < -0.39 is 0 Å². The summed E-state index contributed by atoms with van der Waals surface area (Å²) in [6, 6.07) is 8.63. The molecule has 1 rings (SSSR count). The molecule has 0 saturated heterocycles. The molecular formula is C17H29OP. The van der Waals surface area contributed by atoms with E-state index in [2.05, 4.69) is 72.5 Å². The highest BCUT2D eigenvalue weighted by atomic mass is 31.1. The van der Waals surface area contributed by atoms with Crippen LogP contribution >= 0.6 is 8.58 Å². The third kappa shape index (κ3) is 6.43. The molecule has 0 aromatic heterocycles. The van der Waals surface area contributed by atoms with Gasteiger partial charge < -0.3 is 4.74 Å². The highest BCUT2D eigenvalue weighted by Gasteiger charge is 2.20. The first-order valence-electron chi connectivity index (χ1n) is 7.07. The van der Waals surface area contributed by atoms with Crippen molar-refractivity contribution >= 4 is 8.58 Å². The van der Waals surface area contributed by atoms with Gasteiger partial charge in [-0.1, -0.05) is 32.9 Å². The largest absolute Gasteiger partial charge is 0.488 e. The van der Waals surface area contributed by atoms with Crippen LogP contribution in [0.1, 0.15) is 59.2 Å². The van der Waals surface area contributed by atoms with Crippen molar-refractivity contribution in [3.8, 4) is 5.75 Å². The fraction of sp³-hybridized carbons (Fsp3) is 0.647. The Bertz CT molecular complexity index is 398. The molecule has 0 amide bonds. The molecule has 0 saturated carbocycles. The topological polar surface area (TPSA) is 9.23 Å². The van der Waals surface area contributed by atoms with E-state index in [1.165, 1.54) is 12.0 Å². The smallest absolute Gasteiger partial charge is 0.120 e. The predicted octanol–water partition coefficient (Wildman–Crippen LogP) is 5.65. The van der Waals surface area contributed by atoms with Crippen LogP contribution < -0.4 is 4.74 Å². The third-order valence-electron chi connectivity index (χ3n) is 2.85. The average Bonchev–Trinajstić information content (AvgIpc) is 2.22. The van der Waals surface area contributed by atoms with Crippen LogP contribution in [0.25, 0.3) is 0 Å². The first-order valence-corrected chi connectivity index (χ1v) is 8.65. The minimum Gasteiger partial charge on any atom is -0.488 e. The molecule has 0 N–H and O–H groups in total. The lowest BCUT2D eigenvalue weighted by molar-refractivity contribution is 0.131. The molecule has 0 bridgehead atoms. The second-order valence-electron chi connectivity index (χ2n) is 7.39. The third-order valence-corrected chi connectivity index (χ3v) is 4.08. The van der Waals surface area contributed by atoms with Gasteiger partial charge in [-0.15, -0.1) is 8.58 Å². The molecule has 0 aliphatic carbocycles. The Morgan fingerprint density at radius 2 is 1.74 bits per heavy atom. The summed E-state index contributed by atoms with van der Waals surface area (Å²) in [7, 11) is 0.929. The van der Waals surface area contributed by atoms with Gasteiger partial charge in [0.1, 0.15) is 11.4 Å². The lowest BCUT2D eigenvalue weighted by atomic mass is 9.88. The van der Waals surface area contributed by atoms with E-state index in [-0.39, 0.29) is 5.60 Å². The average molecular weight is 280 g/mol. The second kappa shape index (κ2) is 6.27. The Kier molecular flexibility index (Phi) is 5.44. The van der Waals surface area contributed by atoms with E-state index in [1.807, 2.05) is 0 Å². The van der Waals surface area contributed by atoms with E-state index in [1.54, 1.807) is 0 Å². The van der Waals surface area contributed by atoms with Gasteiger partial charge in [-0.3, -0.25) is 0 Å². The van der Waals surface area contributed by atoms with Gasteiger partial charge >= 0.3 is 0 Å². The van der Waals surface area contributed by atoms with Crippen molar-refractivity contribution < 1.29 is 4.74 Å². The molecular weight excluding hydrogens is 251 g/mol. The van der Waals surface area contributed by atoms with Gasteiger partial charge in [0.2, 0.25) is 0 Å². The monoisotopic (exact) mass is 280 g/mol. The number of hydrogen-bond donors (Lipinski definition) is 0. The molecule has 1 aromatic carbocycles. The quantitative estimate of drug-likeness (QED) is 0.648. The molecule has 1 nitrogen and oxygen atoms in total. The normalized spacial score (nSPS) is 14.9. The van der Waals surface area contributed by atoms with Crippen molar-refractivity contribution in [2.45, 2.75) is 59.2 Å². The molecule has 2 unspecified atom stereocenters. The van der Waals surface area contributed by atoms with E-state index in [0.717, 1.165) is 14.3 Å². The van der Waals surface area contributed by atoms with E-state index in [4.69, 9.17) is 4.74 Å². The number of ether oxygens (including phenoxy) is 1. The Balaban J connectivity index is 2.90. The van der Waals surface area contributed by atoms with Gasteiger partial charge in [0.25, 0.3) is 0 Å². The van der Waals surface area contributed by atoms with E-state index in [0.29, 0.717) is 11.1 Å². The van der Waals surface area contributed by atoms with Gasteiger partial charge in [0, 0.05) is 5.66 Å². The Hall–Kier alpha value is -0.550. The van der Waals surface area contributed by atoms with Crippen molar-refractivity contribution in [2.24, 2.45) is 5.41 Å². The number of rotatable bonds is 4. The molecule has 0 fully saturated rings. The summed E-state index contributed by atoms with van der Waals surface area (Å²) in [5.41, 5.74) is 2.29. The van der Waals surface area contributed by atoms with Crippen molar-refractivity contribution in [1.29, 1.82) is 0 Å². The minimum absolute atomic E-state index is 0.132. The molecule has 0 aliphatic heterocycles. The number of hydrogen-bond acceptors (Lipinski definition) is 1. The fourth-order valence-electron chi connectivity index (χ4n) is 2.15. The van der Waals surface area contributed by atoms with Gasteiger partial charge in [0.05, 0.1) is 0 Å². The summed E-state index contributed by atoms with van der Waals surface area (Å²) in [6.07, 6.45) is 1.22. The Labute approximate surface area is 120 Å². The lowest BCUT2D eigenvalue weighted by Crippen LogP contribution is -2.23. The molecule has 0 aliphatic rings. The zero-order chi connectivity index (χ0) is 14.7. The maximum Gasteiger partial charge on any atom is 0.120 e. The van der Waals surface area contributed by atoms with Gasteiger partial charge in [-0.05, 0) is 57.0 Å². The van der Waals surface area contributed by atoms with Crippen LogP contribution in [0.4, 0.5) is 0 Å². The van der Waals surface area contributed by atoms with Crippen LogP contribution in [0.3, 0.4) is 0 Å². The predicted molar refractivity (Wildman–Crippen MR) is 87.9 cm³/mol. The van der Waals surface area contributed by atoms with E-state index in [9.17, 15) is 0 Å². The molecule has 0 heterocycles. The van der Waals surface area contributed by atoms with Gasteiger partial charge in [-0.25, -0.2) is 0 Å². The van der Waals surface area contributed by atoms with Crippen molar-refractivity contribution in [1.82, 2.24) is 0 Å². The summed E-state index contributed by atoms with van der Waals surface area (Å²) < 4.78 is 5.97. The zero-order valence-electron chi connectivity index (χ0n) is 13.5. The maximum absolute atomic E-state index is 5.97. The van der Waals surface area contributed by atoms with Crippen molar-refractivity contribution in [3.05, 3.63) is 29.8 Å². The van der Waals surface area contributed by atoms with Crippen molar-refractivity contribution in [3.63, 3.8) is 0 Å². The molecule has 108 valence electrons. The van der Waals surface area contributed by atoms with Crippen molar-refractivity contribution in [2.75, 3.05) is 6.66 Å².